The summed E-state index contributed by atoms with van der Waals surface area (Å²) in [6, 6.07) is -0.353. The number of sulfonamides is 1. The van der Waals surface area contributed by atoms with Crippen molar-refractivity contribution < 1.29 is 17.9 Å². The number of rotatable bonds is 5. The molecule has 1 aliphatic heterocycles. The van der Waals surface area contributed by atoms with Crippen molar-refractivity contribution in [1.29, 1.82) is 0 Å². The predicted octanol–water partition coefficient (Wildman–Crippen LogP) is -0.887. The summed E-state index contributed by atoms with van der Waals surface area (Å²) >= 11 is 0. The van der Waals surface area contributed by atoms with Gasteiger partial charge in [-0.05, 0) is 0 Å². The Labute approximate surface area is 123 Å². The topological polar surface area (TPSA) is 101 Å². The SMILES string of the molecule is CN(C)S(=O)(=O)C[C@@H]1COC[C@H]1NC(=O)c1cnccn1. The van der Waals surface area contributed by atoms with E-state index in [0.717, 1.165) is 0 Å². The quantitative estimate of drug-likeness (QED) is 0.757. The average molecular weight is 314 g/mol. The standard InChI is InChI=1S/C12H18N4O4S/c1-16(2)21(18,19)8-9-6-20-7-11(9)15-12(17)10-5-13-3-4-14-10/h3-5,9,11H,6-8H2,1-2H3,(H,15,17)/t9-,11+/m0/s1. The van der Waals surface area contributed by atoms with Gasteiger partial charge in [-0.1, -0.05) is 0 Å². The fourth-order valence-electron chi connectivity index (χ4n) is 2.00. The molecule has 0 radical (unpaired) electrons. The minimum absolute atomic E-state index is 0.0641. The molecule has 1 aromatic rings. The van der Waals surface area contributed by atoms with Crippen LogP contribution in [0, 0.1) is 5.92 Å². The molecule has 8 nitrogen and oxygen atoms in total. The highest BCUT2D eigenvalue weighted by molar-refractivity contribution is 7.89. The van der Waals surface area contributed by atoms with E-state index >= 15 is 0 Å². The first-order valence-electron chi connectivity index (χ1n) is 6.45. The van der Waals surface area contributed by atoms with Crippen LogP contribution in [0.2, 0.25) is 0 Å². The monoisotopic (exact) mass is 314 g/mol. The van der Waals surface area contributed by atoms with Crippen molar-refractivity contribution in [3.63, 3.8) is 0 Å². The molecule has 0 bridgehead atoms. The van der Waals surface area contributed by atoms with E-state index in [1.807, 2.05) is 0 Å². The van der Waals surface area contributed by atoms with Gasteiger partial charge in [-0.25, -0.2) is 17.7 Å². The largest absolute Gasteiger partial charge is 0.379 e. The lowest BCUT2D eigenvalue weighted by Crippen LogP contribution is -2.43. The first-order chi connectivity index (χ1) is 9.90. The molecule has 21 heavy (non-hydrogen) atoms. The highest BCUT2D eigenvalue weighted by Crippen LogP contribution is 2.17. The fraction of sp³-hybridized carbons (Fsp3) is 0.583. The predicted molar refractivity (Wildman–Crippen MR) is 75.1 cm³/mol. The second-order valence-electron chi connectivity index (χ2n) is 5.03. The number of aromatic nitrogens is 2. The van der Waals surface area contributed by atoms with E-state index in [0.29, 0.717) is 13.2 Å². The van der Waals surface area contributed by atoms with Gasteiger partial charge in [-0.2, -0.15) is 0 Å². The lowest BCUT2D eigenvalue weighted by Gasteiger charge is -2.20. The molecule has 2 heterocycles. The normalized spacial score (nSPS) is 22.4. The molecule has 0 aliphatic carbocycles. The van der Waals surface area contributed by atoms with Crippen LogP contribution in [0.5, 0.6) is 0 Å². The second-order valence-corrected chi connectivity index (χ2v) is 7.26. The van der Waals surface area contributed by atoms with Gasteiger partial charge in [0, 0.05) is 32.4 Å². The van der Waals surface area contributed by atoms with Gasteiger partial charge < -0.3 is 10.1 Å². The lowest BCUT2D eigenvalue weighted by molar-refractivity contribution is 0.0920. The van der Waals surface area contributed by atoms with E-state index in [9.17, 15) is 13.2 Å². The molecular formula is C12H18N4O4S. The van der Waals surface area contributed by atoms with Crippen molar-refractivity contribution >= 4 is 15.9 Å². The number of amides is 1. The third-order valence-corrected chi connectivity index (χ3v) is 5.25. The number of hydrogen-bond donors (Lipinski definition) is 1. The van der Waals surface area contributed by atoms with Crippen molar-refractivity contribution in [3.8, 4) is 0 Å². The summed E-state index contributed by atoms with van der Waals surface area (Å²) in [4.78, 5) is 19.7. The fourth-order valence-corrected chi connectivity index (χ4v) is 3.17. The Bertz CT molecular complexity index is 591. The molecule has 1 saturated heterocycles. The zero-order valence-electron chi connectivity index (χ0n) is 11.9. The Hall–Kier alpha value is -1.58. The molecule has 0 unspecified atom stereocenters. The van der Waals surface area contributed by atoms with Crippen LogP contribution in [0.1, 0.15) is 10.5 Å². The summed E-state index contributed by atoms with van der Waals surface area (Å²) in [6.45, 7) is 0.595. The molecule has 1 amide bonds. The first kappa shape index (κ1) is 15.8. The van der Waals surface area contributed by atoms with Crippen LogP contribution < -0.4 is 5.32 Å². The number of nitrogens with one attached hydrogen (secondary N) is 1. The van der Waals surface area contributed by atoms with Gasteiger partial charge in [0.1, 0.15) is 5.69 Å². The summed E-state index contributed by atoms with van der Waals surface area (Å²) in [5.74, 6) is -0.727. The molecule has 9 heteroatoms. The Balaban J connectivity index is 2.01. The van der Waals surface area contributed by atoms with Gasteiger partial charge in [-0.3, -0.25) is 9.78 Å². The summed E-state index contributed by atoms with van der Waals surface area (Å²) in [6.07, 6.45) is 4.26. The summed E-state index contributed by atoms with van der Waals surface area (Å²) in [5, 5.41) is 2.76. The highest BCUT2D eigenvalue weighted by Gasteiger charge is 2.34. The molecule has 2 rings (SSSR count). The Kier molecular flexibility index (Phi) is 4.86. The van der Waals surface area contributed by atoms with Gasteiger partial charge in [-0.15, -0.1) is 0 Å². The van der Waals surface area contributed by atoms with Crippen LogP contribution in [0.15, 0.2) is 18.6 Å². The van der Waals surface area contributed by atoms with Gasteiger partial charge in [0.15, 0.2) is 0 Å². The second kappa shape index (κ2) is 6.46. The Morgan fingerprint density at radius 2 is 2.19 bits per heavy atom. The molecule has 1 aromatic heterocycles. The zero-order chi connectivity index (χ0) is 15.5. The summed E-state index contributed by atoms with van der Waals surface area (Å²) in [7, 11) is -0.372. The summed E-state index contributed by atoms with van der Waals surface area (Å²) < 4.78 is 30.3. The highest BCUT2D eigenvalue weighted by atomic mass is 32.2. The molecule has 116 valence electrons. The van der Waals surface area contributed by atoms with Crippen molar-refractivity contribution in [1.82, 2.24) is 19.6 Å². The van der Waals surface area contributed by atoms with Crippen LogP contribution in [0.3, 0.4) is 0 Å². The van der Waals surface area contributed by atoms with Gasteiger partial charge in [0.25, 0.3) is 5.91 Å². The maximum absolute atomic E-state index is 12.0. The minimum Gasteiger partial charge on any atom is -0.379 e. The number of carbonyl (C=O) groups is 1. The number of nitrogens with zero attached hydrogens (tertiary/aromatic N) is 3. The van der Waals surface area contributed by atoms with E-state index in [1.54, 1.807) is 0 Å². The third-order valence-electron chi connectivity index (χ3n) is 3.29. The maximum atomic E-state index is 12.0. The third kappa shape index (κ3) is 3.96. The molecule has 0 spiro atoms. The van der Waals surface area contributed by atoms with E-state index in [4.69, 9.17) is 4.74 Å². The van der Waals surface area contributed by atoms with Gasteiger partial charge >= 0.3 is 0 Å². The number of ether oxygens (including phenoxy) is 1. The van der Waals surface area contributed by atoms with Crippen molar-refractivity contribution in [2.24, 2.45) is 5.92 Å². The summed E-state index contributed by atoms with van der Waals surface area (Å²) in [5.41, 5.74) is 0.193. The van der Waals surface area contributed by atoms with Crippen LogP contribution in [0.25, 0.3) is 0 Å². The van der Waals surface area contributed by atoms with Gasteiger partial charge in [0.2, 0.25) is 10.0 Å². The van der Waals surface area contributed by atoms with E-state index in [-0.39, 0.29) is 29.3 Å². The average Bonchev–Trinajstić information content (AvgIpc) is 2.86. The number of carbonyl (C=O) groups excluding carboxylic acids is 1. The zero-order valence-corrected chi connectivity index (χ0v) is 12.7. The van der Waals surface area contributed by atoms with Gasteiger partial charge in [0.05, 0.1) is 31.2 Å². The Morgan fingerprint density at radius 1 is 1.43 bits per heavy atom. The van der Waals surface area contributed by atoms with E-state index < -0.39 is 10.0 Å². The van der Waals surface area contributed by atoms with E-state index in [2.05, 4.69) is 15.3 Å². The van der Waals surface area contributed by atoms with Crippen molar-refractivity contribution in [2.75, 3.05) is 33.1 Å². The molecule has 2 atom stereocenters. The first-order valence-corrected chi connectivity index (χ1v) is 8.06. The minimum atomic E-state index is -3.34. The van der Waals surface area contributed by atoms with Crippen LogP contribution in [-0.2, 0) is 14.8 Å². The van der Waals surface area contributed by atoms with Crippen LogP contribution in [-0.4, -0.2) is 67.7 Å². The smallest absolute Gasteiger partial charge is 0.271 e. The van der Waals surface area contributed by atoms with E-state index in [1.165, 1.54) is 37.0 Å². The molecular weight excluding hydrogens is 296 g/mol. The molecule has 0 saturated carbocycles. The number of hydrogen-bond acceptors (Lipinski definition) is 6. The van der Waals surface area contributed by atoms with Crippen molar-refractivity contribution in [3.05, 3.63) is 24.3 Å². The molecule has 1 fully saturated rings. The molecule has 1 aliphatic rings. The Morgan fingerprint density at radius 3 is 2.81 bits per heavy atom. The van der Waals surface area contributed by atoms with Crippen LogP contribution in [0.4, 0.5) is 0 Å². The molecule has 0 aromatic carbocycles. The van der Waals surface area contributed by atoms with Crippen LogP contribution >= 0.6 is 0 Å². The lowest BCUT2D eigenvalue weighted by atomic mass is 10.1. The molecule has 1 N–H and O–H groups in total. The maximum Gasteiger partial charge on any atom is 0.271 e. The van der Waals surface area contributed by atoms with Crippen molar-refractivity contribution in [2.45, 2.75) is 6.04 Å².